The smallest absolute Gasteiger partial charge is 0.356 e. The van der Waals surface area contributed by atoms with Crippen LogP contribution in [-0.4, -0.2) is 28.2 Å². The molecule has 0 amide bonds. The van der Waals surface area contributed by atoms with Gasteiger partial charge in [-0.1, -0.05) is 12.1 Å². The number of carboxylic acids is 1. The molecule has 0 radical (unpaired) electrons. The van der Waals surface area contributed by atoms with Gasteiger partial charge in [-0.05, 0) is 12.1 Å². The molecule has 0 aliphatic carbocycles. The van der Waals surface area contributed by atoms with Gasteiger partial charge in [0, 0.05) is 0 Å². The summed E-state index contributed by atoms with van der Waals surface area (Å²) >= 11 is 0. The fourth-order valence-electron chi connectivity index (χ4n) is 1.43. The van der Waals surface area contributed by atoms with Gasteiger partial charge in [-0.25, -0.2) is 9.78 Å². The molecular formula is C13H12N2O4. The van der Waals surface area contributed by atoms with E-state index in [1.54, 1.807) is 19.2 Å². The number of nitrogens with zero attached hydrogens (tertiary/aromatic N) is 2. The zero-order valence-corrected chi connectivity index (χ0v) is 10.2. The summed E-state index contributed by atoms with van der Waals surface area (Å²) in [5.41, 5.74) is 0.442. The van der Waals surface area contributed by atoms with E-state index in [1.807, 2.05) is 12.1 Å². The predicted octanol–water partition coefficient (Wildman–Crippen LogP) is 1.76. The van der Waals surface area contributed by atoms with Gasteiger partial charge >= 0.3 is 5.97 Å². The van der Waals surface area contributed by atoms with E-state index in [-0.39, 0.29) is 12.3 Å². The molecule has 0 atom stereocenters. The number of benzene rings is 1. The highest BCUT2D eigenvalue weighted by atomic mass is 16.5. The van der Waals surface area contributed by atoms with E-state index in [1.165, 1.54) is 12.4 Å². The molecule has 19 heavy (non-hydrogen) atoms. The third-order valence-electron chi connectivity index (χ3n) is 2.37. The summed E-state index contributed by atoms with van der Waals surface area (Å²) in [6.45, 7) is 0.188. The Labute approximate surface area is 109 Å². The third-order valence-corrected chi connectivity index (χ3v) is 2.37. The van der Waals surface area contributed by atoms with E-state index >= 15 is 0 Å². The normalized spacial score (nSPS) is 9.95. The van der Waals surface area contributed by atoms with Crippen molar-refractivity contribution in [2.45, 2.75) is 6.61 Å². The summed E-state index contributed by atoms with van der Waals surface area (Å²) in [7, 11) is 1.56. The van der Waals surface area contributed by atoms with Crippen molar-refractivity contribution in [1.82, 2.24) is 9.97 Å². The van der Waals surface area contributed by atoms with Crippen LogP contribution in [0.5, 0.6) is 11.5 Å². The highest BCUT2D eigenvalue weighted by molar-refractivity contribution is 5.84. The second-order valence-electron chi connectivity index (χ2n) is 3.64. The highest BCUT2D eigenvalue weighted by Gasteiger charge is 2.06. The molecule has 1 aromatic carbocycles. The van der Waals surface area contributed by atoms with E-state index in [4.69, 9.17) is 14.6 Å². The Morgan fingerprint density at radius 1 is 1.21 bits per heavy atom. The van der Waals surface area contributed by atoms with Crippen molar-refractivity contribution in [1.29, 1.82) is 0 Å². The van der Waals surface area contributed by atoms with Gasteiger partial charge in [0.05, 0.1) is 25.2 Å². The number of carboxylic acid groups (broad SMARTS) is 1. The second kappa shape index (κ2) is 5.81. The lowest BCUT2D eigenvalue weighted by Gasteiger charge is -2.09. The van der Waals surface area contributed by atoms with E-state index in [2.05, 4.69) is 9.97 Å². The average Bonchev–Trinajstić information content (AvgIpc) is 2.45. The minimum absolute atomic E-state index is 0.0963. The SMILES string of the molecule is COc1ccccc1OCc1cnc(C(=O)O)cn1. The number of hydrogen-bond acceptors (Lipinski definition) is 5. The minimum Gasteiger partial charge on any atom is -0.493 e. The zero-order valence-electron chi connectivity index (χ0n) is 10.2. The summed E-state index contributed by atoms with van der Waals surface area (Å²) in [4.78, 5) is 18.3. The molecule has 2 rings (SSSR count). The van der Waals surface area contributed by atoms with Gasteiger partial charge in [0.15, 0.2) is 17.2 Å². The molecule has 6 heteroatoms. The first kappa shape index (κ1) is 12.8. The topological polar surface area (TPSA) is 81.5 Å². The number of rotatable bonds is 5. The number of para-hydroxylation sites is 2. The predicted molar refractivity (Wildman–Crippen MR) is 66.3 cm³/mol. The Morgan fingerprint density at radius 3 is 2.53 bits per heavy atom. The molecule has 1 N–H and O–H groups in total. The van der Waals surface area contributed by atoms with Crippen LogP contribution < -0.4 is 9.47 Å². The minimum atomic E-state index is -1.11. The molecule has 0 spiro atoms. The van der Waals surface area contributed by atoms with Crippen molar-refractivity contribution in [3.8, 4) is 11.5 Å². The molecule has 0 aliphatic rings. The molecule has 0 fully saturated rings. The van der Waals surface area contributed by atoms with E-state index in [9.17, 15) is 4.79 Å². The van der Waals surface area contributed by atoms with Crippen LogP contribution in [0.3, 0.4) is 0 Å². The summed E-state index contributed by atoms with van der Waals surface area (Å²) < 4.78 is 10.7. The monoisotopic (exact) mass is 260 g/mol. The van der Waals surface area contributed by atoms with Crippen molar-refractivity contribution >= 4 is 5.97 Å². The van der Waals surface area contributed by atoms with Crippen molar-refractivity contribution in [2.24, 2.45) is 0 Å². The molecule has 1 aromatic heterocycles. The van der Waals surface area contributed by atoms with Gasteiger partial charge in [0.1, 0.15) is 6.61 Å². The van der Waals surface area contributed by atoms with Crippen molar-refractivity contribution < 1.29 is 19.4 Å². The van der Waals surface area contributed by atoms with Crippen LogP contribution >= 0.6 is 0 Å². The summed E-state index contributed by atoms with van der Waals surface area (Å²) in [5, 5.41) is 8.70. The number of methoxy groups -OCH3 is 1. The molecule has 0 saturated heterocycles. The molecule has 1 heterocycles. The lowest BCUT2D eigenvalue weighted by atomic mass is 10.3. The van der Waals surface area contributed by atoms with E-state index < -0.39 is 5.97 Å². The van der Waals surface area contributed by atoms with E-state index in [0.717, 1.165) is 0 Å². The molecule has 0 bridgehead atoms. The van der Waals surface area contributed by atoms with Gasteiger partial charge < -0.3 is 14.6 Å². The Hall–Kier alpha value is -2.63. The number of carbonyl (C=O) groups is 1. The number of ether oxygens (including phenoxy) is 2. The standard InChI is InChI=1S/C13H12N2O4/c1-18-11-4-2-3-5-12(11)19-8-9-6-15-10(7-14-9)13(16)17/h2-7H,8H2,1H3,(H,16,17). The number of aromatic nitrogens is 2. The molecule has 0 unspecified atom stereocenters. The van der Waals surface area contributed by atoms with Crippen LogP contribution in [0.2, 0.25) is 0 Å². The largest absolute Gasteiger partial charge is 0.493 e. The van der Waals surface area contributed by atoms with Gasteiger partial charge in [-0.3, -0.25) is 4.98 Å². The molecular weight excluding hydrogens is 248 g/mol. The number of aromatic carboxylic acids is 1. The maximum Gasteiger partial charge on any atom is 0.356 e. The number of hydrogen-bond donors (Lipinski definition) is 1. The van der Waals surface area contributed by atoms with Crippen LogP contribution in [-0.2, 0) is 6.61 Å². The summed E-state index contributed by atoms with van der Waals surface area (Å²) in [6.07, 6.45) is 2.57. The van der Waals surface area contributed by atoms with Crippen molar-refractivity contribution in [2.75, 3.05) is 7.11 Å². The average molecular weight is 260 g/mol. The van der Waals surface area contributed by atoms with Gasteiger partial charge in [0.25, 0.3) is 0 Å². The Kier molecular flexibility index (Phi) is 3.92. The van der Waals surface area contributed by atoms with Gasteiger partial charge in [-0.2, -0.15) is 0 Å². The van der Waals surface area contributed by atoms with Gasteiger partial charge in [0.2, 0.25) is 0 Å². The first-order valence-electron chi connectivity index (χ1n) is 5.50. The van der Waals surface area contributed by atoms with Crippen LogP contribution in [0.25, 0.3) is 0 Å². The maximum atomic E-state index is 10.6. The Morgan fingerprint density at radius 2 is 1.95 bits per heavy atom. The van der Waals surface area contributed by atoms with Crippen LogP contribution in [0.15, 0.2) is 36.7 Å². The Balaban J connectivity index is 2.04. The van der Waals surface area contributed by atoms with Crippen LogP contribution in [0, 0.1) is 0 Å². The summed E-state index contributed by atoms with van der Waals surface area (Å²) in [5.74, 6) is 0.108. The molecule has 6 nitrogen and oxygen atoms in total. The second-order valence-corrected chi connectivity index (χ2v) is 3.64. The quantitative estimate of drug-likeness (QED) is 0.882. The Bertz CT molecular complexity index is 569. The molecule has 98 valence electrons. The van der Waals surface area contributed by atoms with Gasteiger partial charge in [-0.15, -0.1) is 0 Å². The first-order valence-corrected chi connectivity index (χ1v) is 5.50. The van der Waals surface area contributed by atoms with Crippen molar-refractivity contribution in [3.63, 3.8) is 0 Å². The fourth-order valence-corrected chi connectivity index (χ4v) is 1.43. The van der Waals surface area contributed by atoms with Crippen LogP contribution in [0.1, 0.15) is 16.2 Å². The van der Waals surface area contributed by atoms with Crippen molar-refractivity contribution in [3.05, 3.63) is 48.0 Å². The molecule has 2 aromatic rings. The molecule has 0 saturated carbocycles. The zero-order chi connectivity index (χ0) is 13.7. The first-order chi connectivity index (χ1) is 9.20. The maximum absolute atomic E-state index is 10.6. The lowest BCUT2D eigenvalue weighted by molar-refractivity contribution is 0.0690. The molecule has 0 aliphatic heterocycles. The summed E-state index contributed by atoms with van der Waals surface area (Å²) in [6, 6.07) is 7.23. The third kappa shape index (κ3) is 3.19. The lowest BCUT2D eigenvalue weighted by Crippen LogP contribution is -2.05. The highest BCUT2D eigenvalue weighted by Crippen LogP contribution is 2.26. The van der Waals surface area contributed by atoms with Crippen LogP contribution in [0.4, 0.5) is 0 Å². The fraction of sp³-hybridized carbons (Fsp3) is 0.154. The van der Waals surface area contributed by atoms with E-state index in [0.29, 0.717) is 17.2 Å².